The topological polar surface area (TPSA) is 50.8 Å². The molecular formula is C15H21ClN2O3. The highest BCUT2D eigenvalue weighted by Gasteiger charge is 2.24. The molecule has 0 radical (unpaired) electrons. The number of nitrogens with one attached hydrogen (secondary N) is 1. The SMILES string of the molecule is COc1ccc(CCNC(=O)C2CN(C)CCO2)c(Cl)c1. The molecule has 0 spiro atoms. The summed E-state index contributed by atoms with van der Waals surface area (Å²) in [6.45, 7) is 2.63. The zero-order chi connectivity index (χ0) is 15.2. The van der Waals surface area contributed by atoms with E-state index < -0.39 is 0 Å². The number of carbonyl (C=O) groups excluding carboxylic acids is 1. The molecule has 21 heavy (non-hydrogen) atoms. The Kier molecular flexibility index (Phi) is 5.85. The molecule has 1 heterocycles. The van der Waals surface area contributed by atoms with Gasteiger partial charge in [-0.05, 0) is 31.2 Å². The van der Waals surface area contributed by atoms with Crippen molar-refractivity contribution in [3.63, 3.8) is 0 Å². The van der Waals surface area contributed by atoms with Crippen LogP contribution in [-0.2, 0) is 16.0 Å². The fourth-order valence-corrected chi connectivity index (χ4v) is 2.49. The predicted molar refractivity (Wildman–Crippen MR) is 82.0 cm³/mol. The number of rotatable bonds is 5. The quantitative estimate of drug-likeness (QED) is 0.891. The summed E-state index contributed by atoms with van der Waals surface area (Å²) < 4.78 is 10.6. The molecule has 1 fully saturated rings. The number of ether oxygens (including phenoxy) is 2. The minimum absolute atomic E-state index is 0.0637. The molecule has 116 valence electrons. The van der Waals surface area contributed by atoms with Gasteiger partial charge in [-0.25, -0.2) is 0 Å². The Hall–Kier alpha value is -1.30. The number of halogens is 1. The Morgan fingerprint density at radius 3 is 3.05 bits per heavy atom. The number of nitrogens with zero attached hydrogens (tertiary/aromatic N) is 1. The normalized spacial score (nSPS) is 19.3. The lowest BCUT2D eigenvalue weighted by Crippen LogP contribution is -2.48. The highest BCUT2D eigenvalue weighted by molar-refractivity contribution is 6.31. The van der Waals surface area contributed by atoms with Crippen molar-refractivity contribution in [2.75, 3.05) is 40.4 Å². The average Bonchev–Trinajstić information content (AvgIpc) is 2.48. The minimum Gasteiger partial charge on any atom is -0.497 e. The van der Waals surface area contributed by atoms with Gasteiger partial charge in [0.2, 0.25) is 5.91 Å². The molecule has 2 rings (SSSR count). The number of hydrogen-bond acceptors (Lipinski definition) is 4. The monoisotopic (exact) mass is 312 g/mol. The van der Waals surface area contributed by atoms with Crippen LogP contribution in [0.2, 0.25) is 5.02 Å². The van der Waals surface area contributed by atoms with Gasteiger partial charge >= 0.3 is 0 Å². The number of likely N-dealkylation sites (N-methyl/N-ethyl adjacent to an activating group) is 1. The average molecular weight is 313 g/mol. The molecule has 6 heteroatoms. The molecular weight excluding hydrogens is 292 g/mol. The van der Waals surface area contributed by atoms with E-state index in [2.05, 4.69) is 10.2 Å². The summed E-state index contributed by atoms with van der Waals surface area (Å²) in [5, 5.41) is 3.55. The number of amides is 1. The van der Waals surface area contributed by atoms with Crippen molar-refractivity contribution in [3.8, 4) is 5.75 Å². The summed E-state index contributed by atoms with van der Waals surface area (Å²) in [5.74, 6) is 0.664. The molecule has 1 atom stereocenters. The van der Waals surface area contributed by atoms with Crippen LogP contribution >= 0.6 is 11.6 Å². The molecule has 1 saturated heterocycles. The third kappa shape index (κ3) is 4.59. The molecule has 1 aliphatic rings. The van der Waals surface area contributed by atoms with Crippen LogP contribution < -0.4 is 10.1 Å². The van der Waals surface area contributed by atoms with Gasteiger partial charge in [0, 0.05) is 24.7 Å². The van der Waals surface area contributed by atoms with Crippen LogP contribution in [0.15, 0.2) is 18.2 Å². The first-order valence-electron chi connectivity index (χ1n) is 7.00. The highest BCUT2D eigenvalue weighted by Crippen LogP contribution is 2.22. The number of hydrogen-bond donors (Lipinski definition) is 1. The van der Waals surface area contributed by atoms with E-state index in [-0.39, 0.29) is 12.0 Å². The number of morpholine rings is 1. The first-order chi connectivity index (χ1) is 10.1. The Morgan fingerprint density at radius 1 is 1.57 bits per heavy atom. The van der Waals surface area contributed by atoms with Crippen LogP contribution in [0.1, 0.15) is 5.56 Å². The maximum absolute atomic E-state index is 12.0. The Balaban J connectivity index is 1.79. The molecule has 1 N–H and O–H groups in total. The molecule has 1 aromatic carbocycles. The summed E-state index contributed by atoms with van der Waals surface area (Å²) in [6, 6.07) is 5.55. The van der Waals surface area contributed by atoms with Crippen molar-refractivity contribution < 1.29 is 14.3 Å². The van der Waals surface area contributed by atoms with E-state index in [1.165, 1.54) is 0 Å². The van der Waals surface area contributed by atoms with Crippen LogP contribution in [0, 0.1) is 0 Å². The highest BCUT2D eigenvalue weighted by atomic mass is 35.5. The molecule has 1 amide bonds. The van der Waals surface area contributed by atoms with E-state index in [4.69, 9.17) is 21.1 Å². The van der Waals surface area contributed by atoms with Gasteiger partial charge in [0.1, 0.15) is 11.9 Å². The van der Waals surface area contributed by atoms with Gasteiger partial charge in [0.05, 0.1) is 13.7 Å². The van der Waals surface area contributed by atoms with Crippen LogP contribution in [0.5, 0.6) is 5.75 Å². The van der Waals surface area contributed by atoms with Gasteiger partial charge in [-0.2, -0.15) is 0 Å². The first kappa shape index (κ1) is 16.1. The summed E-state index contributed by atoms with van der Waals surface area (Å²) in [7, 11) is 3.59. The summed E-state index contributed by atoms with van der Waals surface area (Å²) in [4.78, 5) is 14.1. The lowest BCUT2D eigenvalue weighted by Gasteiger charge is -2.29. The molecule has 1 aliphatic heterocycles. The van der Waals surface area contributed by atoms with E-state index in [1.54, 1.807) is 13.2 Å². The lowest BCUT2D eigenvalue weighted by molar-refractivity contribution is -0.137. The maximum Gasteiger partial charge on any atom is 0.250 e. The fourth-order valence-electron chi connectivity index (χ4n) is 2.23. The third-order valence-corrected chi connectivity index (χ3v) is 3.87. The van der Waals surface area contributed by atoms with Gasteiger partial charge in [0.25, 0.3) is 0 Å². The molecule has 1 aromatic rings. The van der Waals surface area contributed by atoms with Gasteiger partial charge in [0.15, 0.2) is 0 Å². The smallest absolute Gasteiger partial charge is 0.250 e. The molecule has 0 aromatic heterocycles. The third-order valence-electron chi connectivity index (χ3n) is 3.52. The minimum atomic E-state index is -0.380. The molecule has 5 nitrogen and oxygen atoms in total. The van der Waals surface area contributed by atoms with E-state index >= 15 is 0 Å². The second kappa shape index (κ2) is 7.64. The second-order valence-corrected chi connectivity index (χ2v) is 5.53. The standard InChI is InChI=1S/C15H21ClN2O3/c1-18-7-8-21-14(10-18)15(19)17-6-5-11-3-4-12(20-2)9-13(11)16/h3-4,9,14H,5-8,10H2,1-2H3,(H,17,19). The lowest BCUT2D eigenvalue weighted by atomic mass is 10.1. The van der Waals surface area contributed by atoms with Gasteiger partial charge in [-0.3, -0.25) is 4.79 Å². The van der Waals surface area contributed by atoms with Crippen LogP contribution in [0.3, 0.4) is 0 Å². The van der Waals surface area contributed by atoms with Crippen molar-refractivity contribution in [2.45, 2.75) is 12.5 Å². The van der Waals surface area contributed by atoms with Crippen molar-refractivity contribution in [1.29, 1.82) is 0 Å². The van der Waals surface area contributed by atoms with Gasteiger partial charge in [-0.1, -0.05) is 17.7 Å². The largest absolute Gasteiger partial charge is 0.497 e. The molecule has 0 aliphatic carbocycles. The van der Waals surface area contributed by atoms with Crippen molar-refractivity contribution in [1.82, 2.24) is 10.2 Å². The molecule has 1 unspecified atom stereocenters. The predicted octanol–water partition coefficient (Wildman–Crippen LogP) is 1.34. The zero-order valence-electron chi connectivity index (χ0n) is 12.4. The van der Waals surface area contributed by atoms with E-state index in [0.717, 1.165) is 17.9 Å². The van der Waals surface area contributed by atoms with E-state index in [0.29, 0.717) is 31.1 Å². The summed E-state index contributed by atoms with van der Waals surface area (Å²) in [5.41, 5.74) is 0.986. The fraction of sp³-hybridized carbons (Fsp3) is 0.533. The molecule has 0 saturated carbocycles. The van der Waals surface area contributed by atoms with Crippen molar-refractivity contribution >= 4 is 17.5 Å². The van der Waals surface area contributed by atoms with E-state index in [9.17, 15) is 4.79 Å². The number of benzene rings is 1. The second-order valence-electron chi connectivity index (χ2n) is 5.12. The van der Waals surface area contributed by atoms with Crippen molar-refractivity contribution in [2.24, 2.45) is 0 Å². The van der Waals surface area contributed by atoms with Gasteiger partial charge in [-0.15, -0.1) is 0 Å². The van der Waals surface area contributed by atoms with Crippen molar-refractivity contribution in [3.05, 3.63) is 28.8 Å². The number of carbonyl (C=O) groups is 1. The van der Waals surface area contributed by atoms with Crippen LogP contribution in [0.4, 0.5) is 0 Å². The van der Waals surface area contributed by atoms with Crippen LogP contribution in [0.25, 0.3) is 0 Å². The van der Waals surface area contributed by atoms with E-state index in [1.807, 2.05) is 19.2 Å². The summed E-state index contributed by atoms with van der Waals surface area (Å²) >= 11 is 6.17. The van der Waals surface area contributed by atoms with Crippen LogP contribution in [-0.4, -0.2) is 57.3 Å². The Bertz CT molecular complexity index is 496. The summed E-state index contributed by atoms with van der Waals surface area (Å²) in [6.07, 6.45) is 0.298. The zero-order valence-corrected chi connectivity index (χ0v) is 13.2. The molecule has 0 bridgehead atoms. The maximum atomic E-state index is 12.0. The Labute approximate surface area is 130 Å². The Morgan fingerprint density at radius 2 is 2.38 bits per heavy atom. The van der Waals surface area contributed by atoms with Gasteiger partial charge < -0.3 is 19.7 Å². The first-order valence-corrected chi connectivity index (χ1v) is 7.38. The number of methoxy groups -OCH3 is 1.